The first-order valence-electron chi connectivity index (χ1n) is 8.53. The molecule has 1 aromatic heterocycles. The highest BCUT2D eigenvalue weighted by Crippen LogP contribution is 2.24. The van der Waals surface area contributed by atoms with Crippen LogP contribution >= 0.6 is 0 Å². The zero-order valence-corrected chi connectivity index (χ0v) is 13.9. The number of aliphatic carboxylic acids is 1. The summed E-state index contributed by atoms with van der Waals surface area (Å²) >= 11 is 0. The maximum Gasteiger partial charge on any atom is 0.317 e. The second kappa shape index (κ2) is 7.62. The third kappa shape index (κ3) is 4.34. The Hall–Kier alpha value is -2.45. The van der Waals surface area contributed by atoms with Crippen molar-refractivity contribution in [3.05, 3.63) is 18.2 Å². The molecule has 0 atom stereocenters. The minimum atomic E-state index is -0.746. The molecule has 0 unspecified atom stereocenters. The summed E-state index contributed by atoms with van der Waals surface area (Å²) < 4.78 is 12.9. The first-order chi connectivity index (χ1) is 12.0. The zero-order chi connectivity index (χ0) is 17.8. The first-order valence-corrected chi connectivity index (χ1v) is 8.53. The Morgan fingerprint density at radius 2 is 1.68 bits per heavy atom. The smallest absolute Gasteiger partial charge is 0.317 e. The minimum Gasteiger partial charge on any atom is -0.481 e. The van der Waals surface area contributed by atoms with E-state index in [0.29, 0.717) is 57.8 Å². The Balaban J connectivity index is 1.44. The molecule has 2 N–H and O–H groups in total. The normalized spacial score (nSPS) is 24.0. The zero-order valence-electron chi connectivity index (χ0n) is 13.9. The van der Waals surface area contributed by atoms with E-state index in [1.807, 2.05) is 4.90 Å². The van der Waals surface area contributed by atoms with Crippen molar-refractivity contribution in [2.45, 2.75) is 31.7 Å². The van der Waals surface area contributed by atoms with Crippen LogP contribution in [0, 0.1) is 11.7 Å². The van der Waals surface area contributed by atoms with Gasteiger partial charge in [0.1, 0.15) is 0 Å². The number of urea groups is 1. The van der Waals surface area contributed by atoms with E-state index < -0.39 is 11.8 Å². The van der Waals surface area contributed by atoms with Crippen molar-refractivity contribution in [1.29, 1.82) is 0 Å². The van der Waals surface area contributed by atoms with Crippen LogP contribution in [-0.2, 0) is 4.79 Å². The molecule has 2 amide bonds. The molecule has 136 valence electrons. The number of carboxylic acids is 1. The largest absolute Gasteiger partial charge is 0.481 e. The Morgan fingerprint density at radius 3 is 2.24 bits per heavy atom. The number of rotatable bonds is 3. The fraction of sp³-hybridized carbons (Fsp3) is 0.625. The van der Waals surface area contributed by atoms with E-state index in [0.717, 1.165) is 12.4 Å². The molecule has 0 bridgehead atoms. The van der Waals surface area contributed by atoms with Crippen LogP contribution in [0.15, 0.2) is 12.4 Å². The third-order valence-corrected chi connectivity index (χ3v) is 4.86. The van der Waals surface area contributed by atoms with Crippen molar-refractivity contribution in [1.82, 2.24) is 20.2 Å². The third-order valence-electron chi connectivity index (χ3n) is 4.86. The van der Waals surface area contributed by atoms with Gasteiger partial charge in [-0.05, 0) is 25.7 Å². The molecule has 2 heterocycles. The predicted octanol–water partition coefficient (Wildman–Crippen LogP) is 1.09. The van der Waals surface area contributed by atoms with Crippen molar-refractivity contribution in [3.63, 3.8) is 0 Å². The number of aromatic nitrogens is 2. The molecule has 2 aliphatic rings. The van der Waals surface area contributed by atoms with Gasteiger partial charge in [-0.15, -0.1) is 0 Å². The molecule has 1 aliphatic carbocycles. The van der Waals surface area contributed by atoms with Crippen LogP contribution in [-0.4, -0.2) is 64.2 Å². The van der Waals surface area contributed by atoms with Crippen molar-refractivity contribution in [2.75, 3.05) is 31.1 Å². The molecule has 2 fully saturated rings. The van der Waals surface area contributed by atoms with Crippen molar-refractivity contribution < 1.29 is 19.1 Å². The van der Waals surface area contributed by atoms with Crippen molar-refractivity contribution in [2.24, 2.45) is 5.92 Å². The molecule has 25 heavy (non-hydrogen) atoms. The maximum absolute atomic E-state index is 12.9. The highest BCUT2D eigenvalue weighted by molar-refractivity contribution is 5.75. The molecule has 1 saturated heterocycles. The lowest BCUT2D eigenvalue weighted by atomic mass is 9.86. The van der Waals surface area contributed by atoms with Gasteiger partial charge in [0.25, 0.3) is 0 Å². The van der Waals surface area contributed by atoms with Gasteiger partial charge in [-0.2, -0.15) is 0 Å². The van der Waals surface area contributed by atoms with Gasteiger partial charge in [-0.25, -0.2) is 19.2 Å². The van der Waals surface area contributed by atoms with Crippen LogP contribution in [0.2, 0.25) is 0 Å². The second-order valence-electron chi connectivity index (χ2n) is 6.51. The van der Waals surface area contributed by atoms with Gasteiger partial charge >= 0.3 is 12.0 Å². The highest BCUT2D eigenvalue weighted by Gasteiger charge is 2.29. The fourth-order valence-electron chi connectivity index (χ4n) is 3.33. The quantitative estimate of drug-likeness (QED) is 0.846. The van der Waals surface area contributed by atoms with Crippen LogP contribution in [0.4, 0.5) is 15.1 Å². The van der Waals surface area contributed by atoms with Crippen LogP contribution < -0.4 is 10.2 Å². The molecule has 0 radical (unpaired) electrons. The van der Waals surface area contributed by atoms with Gasteiger partial charge in [0.2, 0.25) is 5.95 Å². The average molecular weight is 351 g/mol. The summed E-state index contributed by atoms with van der Waals surface area (Å²) in [6, 6.07) is -0.0694. The number of hydrogen-bond acceptors (Lipinski definition) is 5. The number of hydrogen-bond donors (Lipinski definition) is 2. The Labute approximate surface area is 145 Å². The maximum atomic E-state index is 12.9. The highest BCUT2D eigenvalue weighted by atomic mass is 19.1. The number of halogens is 1. The number of carboxylic acid groups (broad SMARTS) is 1. The standard InChI is InChI=1S/C16H22FN5O3/c17-12-9-18-15(19-10-12)21-5-7-22(8-6-21)16(25)20-13-3-1-11(2-4-13)14(23)24/h9-11,13H,1-8H2,(H,20,25)(H,23,24). The van der Waals surface area contributed by atoms with E-state index in [1.165, 1.54) is 0 Å². The molecule has 9 heteroatoms. The van der Waals surface area contributed by atoms with E-state index in [4.69, 9.17) is 5.11 Å². The van der Waals surface area contributed by atoms with Crippen molar-refractivity contribution >= 4 is 17.9 Å². The van der Waals surface area contributed by atoms with Crippen molar-refractivity contribution in [3.8, 4) is 0 Å². The van der Waals surface area contributed by atoms with Crippen LogP contribution in [0.3, 0.4) is 0 Å². The summed E-state index contributed by atoms with van der Waals surface area (Å²) in [6.45, 7) is 2.25. The van der Waals surface area contributed by atoms with E-state index in [1.54, 1.807) is 4.90 Å². The summed E-state index contributed by atoms with van der Waals surface area (Å²) in [6.07, 6.45) is 4.88. The fourth-order valence-corrected chi connectivity index (χ4v) is 3.33. The molecule has 8 nitrogen and oxygen atoms in total. The SMILES string of the molecule is O=C(O)C1CCC(NC(=O)N2CCN(c3ncc(F)cn3)CC2)CC1. The molecule has 1 aliphatic heterocycles. The summed E-state index contributed by atoms with van der Waals surface area (Å²) in [5, 5.41) is 12.0. The second-order valence-corrected chi connectivity index (χ2v) is 6.51. The van der Waals surface area contributed by atoms with E-state index in [9.17, 15) is 14.0 Å². The van der Waals surface area contributed by atoms with Gasteiger partial charge < -0.3 is 20.2 Å². The van der Waals surface area contributed by atoms with E-state index >= 15 is 0 Å². The van der Waals surface area contributed by atoms with Crippen LogP contribution in [0.5, 0.6) is 0 Å². The number of nitrogens with zero attached hydrogens (tertiary/aromatic N) is 4. The van der Waals surface area contributed by atoms with Crippen LogP contribution in [0.1, 0.15) is 25.7 Å². The number of amides is 2. The molecule has 0 aromatic carbocycles. The Kier molecular flexibility index (Phi) is 5.30. The number of carbonyl (C=O) groups excluding carboxylic acids is 1. The number of carbonyl (C=O) groups is 2. The Morgan fingerprint density at radius 1 is 1.08 bits per heavy atom. The summed E-state index contributed by atoms with van der Waals surface area (Å²) in [5.41, 5.74) is 0. The van der Waals surface area contributed by atoms with E-state index in [-0.39, 0.29) is 18.0 Å². The summed E-state index contributed by atoms with van der Waals surface area (Å²) in [5.74, 6) is -1.04. The molecular formula is C16H22FN5O3. The predicted molar refractivity (Wildman–Crippen MR) is 87.7 cm³/mol. The van der Waals surface area contributed by atoms with Crippen LogP contribution in [0.25, 0.3) is 0 Å². The van der Waals surface area contributed by atoms with Gasteiger partial charge in [0.05, 0.1) is 18.3 Å². The lowest BCUT2D eigenvalue weighted by molar-refractivity contribution is -0.142. The molecule has 3 rings (SSSR count). The van der Waals surface area contributed by atoms with Gasteiger partial charge in [-0.3, -0.25) is 4.79 Å². The van der Waals surface area contributed by atoms with Gasteiger partial charge in [0.15, 0.2) is 5.82 Å². The minimum absolute atomic E-state index is 0.0431. The monoisotopic (exact) mass is 351 g/mol. The lowest BCUT2D eigenvalue weighted by Gasteiger charge is -2.36. The molecule has 0 spiro atoms. The summed E-state index contributed by atoms with van der Waals surface area (Å²) in [4.78, 5) is 34.9. The topological polar surface area (TPSA) is 98.7 Å². The molecule has 1 aromatic rings. The average Bonchev–Trinajstić information content (AvgIpc) is 2.63. The van der Waals surface area contributed by atoms with Gasteiger partial charge in [-0.1, -0.05) is 0 Å². The number of nitrogens with one attached hydrogen (secondary N) is 1. The number of anilines is 1. The molecular weight excluding hydrogens is 329 g/mol. The number of piperazine rings is 1. The Bertz CT molecular complexity index is 611. The molecule has 1 saturated carbocycles. The lowest BCUT2D eigenvalue weighted by Crippen LogP contribution is -2.54. The first kappa shape index (κ1) is 17.4. The summed E-state index contributed by atoms with van der Waals surface area (Å²) in [7, 11) is 0. The van der Waals surface area contributed by atoms with E-state index in [2.05, 4.69) is 15.3 Å². The van der Waals surface area contributed by atoms with Gasteiger partial charge in [0, 0.05) is 32.2 Å².